The Morgan fingerprint density at radius 1 is 1.10 bits per heavy atom. The summed E-state index contributed by atoms with van der Waals surface area (Å²) in [5.74, 6) is -0.826. The predicted octanol–water partition coefficient (Wildman–Crippen LogP) is 4.43. The molecule has 160 valence electrons. The van der Waals surface area contributed by atoms with Crippen LogP contribution in [0.4, 0.5) is 0 Å². The maximum atomic E-state index is 12.7. The maximum Gasteiger partial charge on any atom is 0.302 e. The number of rotatable bonds is 7. The lowest BCUT2D eigenvalue weighted by molar-refractivity contribution is -0.152. The van der Waals surface area contributed by atoms with Gasteiger partial charge in [0.05, 0.1) is 6.61 Å². The average Bonchev–Trinajstić information content (AvgIpc) is 3.11. The molecule has 0 aromatic heterocycles. The normalized spacial score (nSPS) is 31.7. The molecule has 0 radical (unpaired) electrons. The topological polar surface area (TPSA) is 69.7 Å². The van der Waals surface area contributed by atoms with E-state index in [1.54, 1.807) is 6.08 Å². The van der Waals surface area contributed by atoms with Gasteiger partial charge in [0, 0.05) is 25.7 Å². The van der Waals surface area contributed by atoms with E-state index in [0.717, 1.165) is 6.42 Å². The minimum Gasteiger partial charge on any atom is -0.465 e. The number of ether oxygens (including phenoxy) is 2. The Labute approximate surface area is 174 Å². The first-order chi connectivity index (χ1) is 13.6. The molecule has 0 saturated heterocycles. The summed E-state index contributed by atoms with van der Waals surface area (Å²) in [6.45, 7) is 11.2. The van der Waals surface area contributed by atoms with Gasteiger partial charge >= 0.3 is 11.9 Å². The molecule has 0 aromatic carbocycles. The lowest BCUT2D eigenvalue weighted by atomic mass is 9.71. The van der Waals surface area contributed by atoms with Gasteiger partial charge in [-0.2, -0.15) is 0 Å². The van der Waals surface area contributed by atoms with E-state index in [9.17, 15) is 14.4 Å². The zero-order chi connectivity index (χ0) is 21.7. The third-order valence-corrected chi connectivity index (χ3v) is 6.14. The Morgan fingerprint density at radius 3 is 2.31 bits per heavy atom. The van der Waals surface area contributed by atoms with Crippen molar-refractivity contribution in [1.82, 2.24) is 0 Å². The molecule has 5 nitrogen and oxygen atoms in total. The number of allylic oxidation sites excluding steroid dienone is 6. The molecule has 2 aliphatic rings. The summed E-state index contributed by atoms with van der Waals surface area (Å²) in [5.41, 5.74) is 2.45. The summed E-state index contributed by atoms with van der Waals surface area (Å²) in [6.07, 6.45) is 9.08. The zero-order valence-corrected chi connectivity index (χ0v) is 18.4. The highest BCUT2D eigenvalue weighted by atomic mass is 16.6. The van der Waals surface area contributed by atoms with Gasteiger partial charge in [0.1, 0.15) is 6.10 Å². The number of carbonyl (C=O) groups excluding carboxylic acids is 3. The smallest absolute Gasteiger partial charge is 0.302 e. The molecular formula is C24H34O5. The number of esters is 2. The Morgan fingerprint density at radius 2 is 1.79 bits per heavy atom. The van der Waals surface area contributed by atoms with Crippen molar-refractivity contribution in [3.63, 3.8) is 0 Å². The third-order valence-electron chi connectivity index (χ3n) is 6.14. The lowest BCUT2D eigenvalue weighted by Crippen LogP contribution is -2.37. The highest BCUT2D eigenvalue weighted by Gasteiger charge is 2.52. The van der Waals surface area contributed by atoms with Gasteiger partial charge in [0.25, 0.3) is 0 Å². The molecule has 0 amide bonds. The molecule has 1 saturated carbocycles. The fourth-order valence-electron chi connectivity index (χ4n) is 4.82. The molecule has 0 aliphatic heterocycles. The fourth-order valence-corrected chi connectivity index (χ4v) is 4.82. The van der Waals surface area contributed by atoms with Crippen LogP contribution in [0.3, 0.4) is 0 Å². The first kappa shape index (κ1) is 23.1. The molecule has 2 unspecified atom stereocenters. The minimum atomic E-state index is -0.367. The van der Waals surface area contributed by atoms with Crippen molar-refractivity contribution in [3.8, 4) is 0 Å². The summed E-state index contributed by atoms with van der Waals surface area (Å²) >= 11 is 0. The van der Waals surface area contributed by atoms with Crippen molar-refractivity contribution >= 4 is 17.7 Å². The zero-order valence-electron chi connectivity index (χ0n) is 18.4. The van der Waals surface area contributed by atoms with Gasteiger partial charge in [0.2, 0.25) is 0 Å². The second-order valence-electron chi connectivity index (χ2n) is 8.65. The highest BCUT2D eigenvalue weighted by Crippen LogP contribution is 2.50. The Balaban J connectivity index is 2.39. The molecule has 29 heavy (non-hydrogen) atoms. The van der Waals surface area contributed by atoms with E-state index in [2.05, 4.69) is 32.9 Å². The predicted molar refractivity (Wildman–Crippen MR) is 112 cm³/mol. The highest BCUT2D eigenvalue weighted by molar-refractivity contribution is 5.94. The van der Waals surface area contributed by atoms with Crippen LogP contribution in [0.1, 0.15) is 54.4 Å². The Bertz CT molecular complexity index is 726. The van der Waals surface area contributed by atoms with Gasteiger partial charge in [-0.05, 0) is 57.4 Å². The van der Waals surface area contributed by atoms with E-state index in [1.165, 1.54) is 25.0 Å². The average molecular weight is 403 g/mol. The Kier molecular flexibility index (Phi) is 8.00. The SMILES string of the molecule is CC(=O)OCC1C(OC(C)=O)C[C@@H](/C(C)=C\CC=C(C)C)[C@H]1[C@H]1C(=O)C=C[C@H]1C. The van der Waals surface area contributed by atoms with Gasteiger partial charge in [0.15, 0.2) is 5.78 Å². The fraction of sp³-hybridized carbons (Fsp3) is 0.625. The van der Waals surface area contributed by atoms with Crippen LogP contribution in [-0.2, 0) is 23.9 Å². The maximum absolute atomic E-state index is 12.7. The molecule has 1 fully saturated rings. The van der Waals surface area contributed by atoms with Crippen molar-refractivity contribution in [2.45, 2.75) is 60.5 Å². The van der Waals surface area contributed by atoms with Crippen LogP contribution < -0.4 is 0 Å². The largest absolute Gasteiger partial charge is 0.465 e. The minimum absolute atomic E-state index is 0.0425. The lowest BCUT2D eigenvalue weighted by Gasteiger charge is -2.33. The molecule has 0 N–H and O–H groups in total. The molecule has 0 spiro atoms. The van der Waals surface area contributed by atoms with Gasteiger partial charge in [-0.3, -0.25) is 14.4 Å². The second-order valence-corrected chi connectivity index (χ2v) is 8.65. The quantitative estimate of drug-likeness (QED) is 0.465. The second kappa shape index (κ2) is 10.0. The number of carbonyl (C=O) groups is 3. The summed E-state index contributed by atoms with van der Waals surface area (Å²) in [4.78, 5) is 35.9. The summed E-state index contributed by atoms with van der Waals surface area (Å²) in [6, 6.07) is 0. The number of hydrogen-bond acceptors (Lipinski definition) is 5. The first-order valence-electron chi connectivity index (χ1n) is 10.4. The van der Waals surface area contributed by atoms with Crippen LogP contribution in [0.15, 0.2) is 35.5 Å². The van der Waals surface area contributed by atoms with Gasteiger partial charge in [-0.15, -0.1) is 0 Å². The van der Waals surface area contributed by atoms with Crippen LogP contribution in [-0.4, -0.2) is 30.4 Å². The van der Waals surface area contributed by atoms with E-state index in [0.29, 0.717) is 6.42 Å². The summed E-state index contributed by atoms with van der Waals surface area (Å²) < 4.78 is 11.0. The molecule has 2 aliphatic carbocycles. The van der Waals surface area contributed by atoms with E-state index in [1.807, 2.05) is 13.0 Å². The van der Waals surface area contributed by atoms with Crippen molar-refractivity contribution in [2.75, 3.05) is 6.61 Å². The van der Waals surface area contributed by atoms with Crippen molar-refractivity contribution in [2.24, 2.45) is 29.6 Å². The van der Waals surface area contributed by atoms with Crippen molar-refractivity contribution in [3.05, 3.63) is 35.5 Å². The Hall–Kier alpha value is -2.17. The first-order valence-corrected chi connectivity index (χ1v) is 10.4. The van der Waals surface area contributed by atoms with E-state index in [4.69, 9.17) is 9.47 Å². The molecule has 2 rings (SSSR count). The van der Waals surface area contributed by atoms with Crippen molar-refractivity contribution < 1.29 is 23.9 Å². The third kappa shape index (κ3) is 5.91. The molecule has 0 aromatic rings. The number of ketones is 1. The molecule has 5 heteroatoms. The van der Waals surface area contributed by atoms with E-state index in [-0.39, 0.29) is 60.0 Å². The number of hydrogen-bond donors (Lipinski definition) is 0. The molecule has 6 atom stereocenters. The van der Waals surface area contributed by atoms with Crippen LogP contribution in [0.5, 0.6) is 0 Å². The van der Waals surface area contributed by atoms with Crippen LogP contribution in [0, 0.1) is 29.6 Å². The van der Waals surface area contributed by atoms with Crippen LogP contribution >= 0.6 is 0 Å². The molecular weight excluding hydrogens is 368 g/mol. The molecule has 0 bridgehead atoms. The van der Waals surface area contributed by atoms with E-state index < -0.39 is 0 Å². The molecule has 0 heterocycles. The monoisotopic (exact) mass is 402 g/mol. The summed E-state index contributed by atoms with van der Waals surface area (Å²) in [5, 5.41) is 0. The van der Waals surface area contributed by atoms with Crippen molar-refractivity contribution in [1.29, 1.82) is 0 Å². The standard InChI is InChI=1S/C24H34O5/c1-14(2)8-7-9-15(3)19-12-22(29-18(6)26)20(13-28-17(5)25)24(19)23-16(4)10-11-21(23)27/h8-11,16,19-20,22-24H,7,12-13H2,1-6H3/b15-9-/t16-,19+,20?,22?,23-,24-/m1/s1. The van der Waals surface area contributed by atoms with Crippen LogP contribution in [0.25, 0.3) is 0 Å². The van der Waals surface area contributed by atoms with Gasteiger partial charge in [-0.1, -0.05) is 36.3 Å². The van der Waals surface area contributed by atoms with Gasteiger partial charge < -0.3 is 9.47 Å². The van der Waals surface area contributed by atoms with Gasteiger partial charge in [-0.25, -0.2) is 0 Å². The van der Waals surface area contributed by atoms with Crippen LogP contribution in [0.2, 0.25) is 0 Å². The van der Waals surface area contributed by atoms with E-state index >= 15 is 0 Å². The summed E-state index contributed by atoms with van der Waals surface area (Å²) in [7, 11) is 0.